The Morgan fingerprint density at radius 2 is 1.62 bits per heavy atom. The number of nitrogens with one attached hydrogen (secondary N) is 2. The Morgan fingerprint density at radius 3 is 2.36 bits per heavy atom. The molecule has 0 aromatic heterocycles. The minimum absolute atomic E-state index is 0.148. The third kappa shape index (κ3) is 8.18. The Morgan fingerprint density at radius 1 is 0.905 bits per heavy atom. The molecule has 0 aliphatic heterocycles. The number of carbonyl (C=O) groups is 2. The Balaban J connectivity index is 1.58. The van der Waals surface area contributed by atoms with Gasteiger partial charge in [-0.25, -0.2) is 4.84 Å². The van der Waals surface area contributed by atoms with Crippen molar-refractivity contribution in [2.45, 2.75) is 49.8 Å². The number of aliphatic hydroxyl groups is 1. The van der Waals surface area contributed by atoms with Crippen molar-refractivity contribution in [1.29, 1.82) is 0 Å². The van der Waals surface area contributed by atoms with Crippen LogP contribution < -0.4 is 10.6 Å². The zero-order valence-corrected chi connectivity index (χ0v) is 25.0. The van der Waals surface area contributed by atoms with Crippen molar-refractivity contribution in [1.82, 2.24) is 10.6 Å². The van der Waals surface area contributed by atoms with E-state index in [0.29, 0.717) is 21.8 Å². The average Bonchev–Trinajstić information content (AvgIpc) is 2.98. The van der Waals surface area contributed by atoms with Crippen LogP contribution >= 0.6 is 11.8 Å². The molecular formula is C33H36N3O5S+. The molecular weight excluding hydrogens is 550 g/mol. The van der Waals surface area contributed by atoms with E-state index in [1.165, 1.54) is 31.0 Å². The molecule has 0 fully saturated rings. The third-order valence-corrected chi connectivity index (χ3v) is 7.71. The largest absolute Gasteiger partial charge is 0.391 e. The molecule has 4 aromatic rings. The molecule has 0 unspecified atom stereocenters. The summed E-state index contributed by atoms with van der Waals surface area (Å²) in [5, 5.41) is 19.7. The molecule has 42 heavy (non-hydrogen) atoms. The quantitative estimate of drug-likeness (QED) is 0.151. The molecule has 2 amide bonds. The molecule has 0 saturated carbocycles. The number of hydrogen-bond donors (Lipinski definition) is 3. The highest BCUT2D eigenvalue weighted by molar-refractivity contribution is 7.99. The molecule has 0 heterocycles. The van der Waals surface area contributed by atoms with Gasteiger partial charge in [0.15, 0.2) is 7.11 Å². The zero-order valence-electron chi connectivity index (χ0n) is 24.2. The number of thioether (sulfide) groups is 1. The van der Waals surface area contributed by atoms with Crippen LogP contribution in [-0.2, 0) is 11.3 Å². The van der Waals surface area contributed by atoms with Crippen LogP contribution in [0.3, 0.4) is 0 Å². The van der Waals surface area contributed by atoms with Crippen LogP contribution in [0.5, 0.6) is 0 Å². The van der Waals surface area contributed by atoms with Crippen molar-refractivity contribution in [3.05, 3.63) is 113 Å². The number of hydrogen-bond acceptors (Lipinski definition) is 6. The number of fused-ring (bicyclic) bond motifs is 1. The molecule has 0 spiro atoms. The Kier molecular flexibility index (Phi) is 9.98. The van der Waals surface area contributed by atoms with Gasteiger partial charge in [-0.2, -0.15) is 0 Å². The van der Waals surface area contributed by atoms with E-state index in [0.717, 1.165) is 15.7 Å². The lowest BCUT2D eigenvalue weighted by molar-refractivity contribution is -0.736. The molecule has 4 aromatic carbocycles. The van der Waals surface area contributed by atoms with Gasteiger partial charge in [0.25, 0.3) is 16.7 Å². The molecule has 9 heteroatoms. The number of amides is 2. The van der Waals surface area contributed by atoms with Crippen LogP contribution in [0.25, 0.3) is 10.8 Å². The summed E-state index contributed by atoms with van der Waals surface area (Å²) in [5.74, 6) is -0.302. The summed E-state index contributed by atoms with van der Waals surface area (Å²) in [4.78, 5) is 44.3. The molecule has 0 aliphatic carbocycles. The van der Waals surface area contributed by atoms with Crippen molar-refractivity contribution in [2.24, 2.45) is 0 Å². The first-order valence-corrected chi connectivity index (χ1v) is 14.6. The maximum Gasteiger partial charge on any atom is 0.317 e. The molecule has 0 saturated heterocycles. The van der Waals surface area contributed by atoms with Crippen molar-refractivity contribution in [3.8, 4) is 0 Å². The summed E-state index contributed by atoms with van der Waals surface area (Å²) in [5.41, 5.74) is 1.15. The van der Waals surface area contributed by atoms with Gasteiger partial charge in [-0.3, -0.25) is 9.59 Å². The maximum absolute atomic E-state index is 13.3. The fourth-order valence-corrected chi connectivity index (χ4v) is 5.56. The van der Waals surface area contributed by atoms with E-state index in [1.807, 2.05) is 69.3 Å². The lowest BCUT2D eigenvalue weighted by Gasteiger charge is -2.26. The highest BCUT2D eigenvalue weighted by atomic mass is 32.2. The monoisotopic (exact) mass is 586 g/mol. The van der Waals surface area contributed by atoms with Gasteiger partial charge < -0.3 is 15.7 Å². The van der Waals surface area contributed by atoms with Gasteiger partial charge in [-0.05, 0) is 61.4 Å². The zero-order chi connectivity index (χ0) is 30.3. The number of nitrogens with zero attached hydrogens (tertiary/aromatic N) is 1. The molecule has 2 atom stereocenters. The molecule has 4 rings (SSSR count). The molecule has 218 valence electrons. The van der Waals surface area contributed by atoms with Crippen molar-refractivity contribution in [2.75, 3.05) is 12.9 Å². The lowest BCUT2D eigenvalue weighted by atomic mass is 9.97. The first-order valence-electron chi connectivity index (χ1n) is 13.7. The fourth-order valence-electron chi connectivity index (χ4n) is 4.51. The van der Waals surface area contributed by atoms with E-state index in [4.69, 9.17) is 4.84 Å². The van der Waals surface area contributed by atoms with Crippen LogP contribution in [0.15, 0.2) is 95.9 Å². The van der Waals surface area contributed by atoms with E-state index in [1.54, 1.807) is 24.3 Å². The van der Waals surface area contributed by atoms with E-state index in [2.05, 4.69) is 16.7 Å². The normalized spacial score (nSPS) is 12.8. The third-order valence-electron chi connectivity index (χ3n) is 6.60. The van der Waals surface area contributed by atoms with Crippen LogP contribution in [0.1, 0.15) is 47.1 Å². The summed E-state index contributed by atoms with van der Waals surface area (Å²) < 4.78 is 0. The van der Waals surface area contributed by atoms with E-state index >= 15 is 0 Å². The SMILES string of the molecule is CO[N+](=O)c1cccc(C(=O)N[C@@H](CSc2ccc3ccccc3c2)[C@H](O)Cc2ccccc2C(=O)NC(C)(C)C)c1. The average molecular weight is 587 g/mol. The van der Waals surface area contributed by atoms with Crippen LogP contribution in [0.2, 0.25) is 0 Å². The van der Waals surface area contributed by atoms with Gasteiger partial charge in [0.2, 0.25) is 0 Å². The van der Waals surface area contributed by atoms with Gasteiger partial charge in [-0.1, -0.05) is 54.6 Å². The van der Waals surface area contributed by atoms with Gasteiger partial charge in [0.1, 0.15) is 0 Å². The van der Waals surface area contributed by atoms with E-state index in [9.17, 15) is 19.6 Å². The number of carbonyl (C=O) groups excluding carboxylic acids is 2. The second kappa shape index (κ2) is 13.6. The topological polar surface area (TPSA) is 108 Å². The predicted octanol–water partition coefficient (Wildman–Crippen LogP) is 5.83. The summed E-state index contributed by atoms with van der Waals surface area (Å²) >= 11 is 1.52. The smallest absolute Gasteiger partial charge is 0.317 e. The Bertz CT molecular complexity index is 1580. The number of rotatable bonds is 11. The van der Waals surface area contributed by atoms with Crippen molar-refractivity contribution < 1.29 is 24.5 Å². The second-order valence-corrected chi connectivity index (χ2v) is 12.1. The summed E-state index contributed by atoms with van der Waals surface area (Å²) in [6.45, 7) is 5.73. The predicted molar refractivity (Wildman–Crippen MR) is 166 cm³/mol. The molecule has 0 aliphatic rings. The Hall–Kier alpha value is -4.21. The van der Waals surface area contributed by atoms with Gasteiger partial charge >= 0.3 is 5.69 Å². The minimum Gasteiger partial charge on any atom is -0.391 e. The van der Waals surface area contributed by atoms with Crippen LogP contribution in [0, 0.1) is 4.91 Å². The summed E-state index contributed by atoms with van der Waals surface area (Å²) in [6.07, 6.45) is -0.863. The van der Waals surface area contributed by atoms with Crippen LogP contribution in [0.4, 0.5) is 5.69 Å². The first-order chi connectivity index (χ1) is 20.0. The standard InChI is InChI=1S/C33H35N3O5S/c1-33(2,3)35-32(39)28-15-8-7-12-24(28)20-30(37)29(21-42-27-17-16-22-10-5-6-11-23(22)19-27)34-31(38)25-13-9-14-26(18-25)36(40)41-4/h5-19,29-30,37H,20-21H2,1-4H3,(H-,34,35,38,39)/p+1/t29-,30+/m0/s1. The van der Waals surface area contributed by atoms with E-state index < -0.39 is 23.6 Å². The first kappa shape index (κ1) is 30.7. The molecule has 0 bridgehead atoms. The molecule has 0 radical (unpaired) electrons. The summed E-state index contributed by atoms with van der Waals surface area (Å²) in [7, 11) is 1.25. The van der Waals surface area contributed by atoms with Gasteiger partial charge in [-0.15, -0.1) is 11.8 Å². The Labute approximate surface area is 250 Å². The van der Waals surface area contributed by atoms with Crippen molar-refractivity contribution in [3.63, 3.8) is 0 Å². The minimum atomic E-state index is -1.01. The summed E-state index contributed by atoms with van der Waals surface area (Å²) in [6, 6.07) is 26.8. The van der Waals surface area contributed by atoms with Gasteiger partial charge in [0, 0.05) is 45.9 Å². The fraction of sp³-hybridized carbons (Fsp3) is 0.273. The van der Waals surface area contributed by atoms with E-state index in [-0.39, 0.29) is 23.6 Å². The highest BCUT2D eigenvalue weighted by Crippen LogP contribution is 2.26. The number of benzene rings is 4. The maximum atomic E-state index is 13.3. The highest BCUT2D eigenvalue weighted by Gasteiger charge is 2.26. The lowest BCUT2D eigenvalue weighted by Crippen LogP contribution is -2.46. The molecule has 3 N–H and O–H groups in total. The van der Waals surface area contributed by atoms with Gasteiger partial charge in [0.05, 0.1) is 17.1 Å². The van der Waals surface area contributed by atoms with Crippen LogP contribution in [-0.4, -0.2) is 52.4 Å². The van der Waals surface area contributed by atoms with Crippen molar-refractivity contribution >= 4 is 40.0 Å². The molecule has 8 nitrogen and oxygen atoms in total. The second-order valence-electron chi connectivity index (χ2n) is 11.0. The number of aliphatic hydroxyl groups excluding tert-OH is 1.